The molecular weight excluding hydrogens is 248 g/mol. The molecule has 20 heavy (non-hydrogen) atoms. The van der Waals surface area contributed by atoms with E-state index in [1.54, 1.807) is 0 Å². The zero-order valence-electron chi connectivity index (χ0n) is 12.3. The molecule has 1 unspecified atom stereocenters. The van der Waals surface area contributed by atoms with Crippen molar-refractivity contribution in [1.29, 1.82) is 0 Å². The minimum absolute atomic E-state index is 0.249. The number of hydrogen-bond acceptors (Lipinski definition) is 2. The van der Waals surface area contributed by atoms with E-state index in [2.05, 4.69) is 29.3 Å². The zero-order chi connectivity index (χ0) is 13.9. The lowest BCUT2D eigenvalue weighted by atomic mass is 10.0. The first-order valence-corrected chi connectivity index (χ1v) is 7.93. The van der Waals surface area contributed by atoms with E-state index in [9.17, 15) is 4.79 Å². The molecule has 0 bridgehead atoms. The maximum Gasteiger partial charge on any atom is 0.254 e. The average Bonchev–Trinajstić information content (AvgIpc) is 3.14. The molecular formula is C17H24N2O. The van der Waals surface area contributed by atoms with Crippen LogP contribution >= 0.6 is 0 Å². The van der Waals surface area contributed by atoms with Gasteiger partial charge in [0.25, 0.3) is 5.91 Å². The van der Waals surface area contributed by atoms with Crippen molar-refractivity contribution in [2.24, 2.45) is 0 Å². The fourth-order valence-corrected chi connectivity index (χ4v) is 3.57. The van der Waals surface area contributed by atoms with Gasteiger partial charge >= 0.3 is 0 Å². The van der Waals surface area contributed by atoms with Gasteiger partial charge < -0.3 is 10.2 Å². The van der Waals surface area contributed by atoms with E-state index in [0.29, 0.717) is 6.04 Å². The summed E-state index contributed by atoms with van der Waals surface area (Å²) in [5.41, 5.74) is 3.65. The molecule has 3 rings (SSSR count). The molecule has 1 heterocycles. The third kappa shape index (κ3) is 2.47. The van der Waals surface area contributed by atoms with Gasteiger partial charge in [0.05, 0.1) is 0 Å². The van der Waals surface area contributed by atoms with Gasteiger partial charge in [0, 0.05) is 24.7 Å². The summed E-state index contributed by atoms with van der Waals surface area (Å²) in [6, 6.07) is 6.63. The minimum Gasteiger partial charge on any atom is -0.334 e. The van der Waals surface area contributed by atoms with Gasteiger partial charge in [-0.2, -0.15) is 0 Å². The second kappa shape index (κ2) is 5.96. The summed E-state index contributed by atoms with van der Waals surface area (Å²) >= 11 is 0. The molecule has 108 valence electrons. The monoisotopic (exact) mass is 272 g/mol. The van der Waals surface area contributed by atoms with Crippen molar-refractivity contribution < 1.29 is 4.79 Å². The second-order valence-corrected chi connectivity index (χ2v) is 5.94. The molecule has 0 aromatic heterocycles. The van der Waals surface area contributed by atoms with Crippen LogP contribution in [0.5, 0.6) is 0 Å². The van der Waals surface area contributed by atoms with Crippen molar-refractivity contribution in [1.82, 2.24) is 10.2 Å². The number of benzene rings is 1. The Morgan fingerprint density at radius 2 is 2.30 bits per heavy atom. The Morgan fingerprint density at radius 3 is 3.05 bits per heavy atom. The Balaban J connectivity index is 1.87. The molecule has 0 saturated carbocycles. The molecule has 1 aliphatic carbocycles. The normalized spacial score (nSPS) is 20.9. The molecule has 1 amide bonds. The van der Waals surface area contributed by atoms with E-state index >= 15 is 0 Å². The number of amides is 1. The lowest BCUT2D eigenvalue weighted by Gasteiger charge is -2.29. The van der Waals surface area contributed by atoms with Crippen LogP contribution in [0.25, 0.3) is 0 Å². The van der Waals surface area contributed by atoms with Crippen LogP contribution in [0.3, 0.4) is 0 Å². The van der Waals surface area contributed by atoms with E-state index in [1.807, 2.05) is 6.07 Å². The van der Waals surface area contributed by atoms with Crippen LogP contribution < -0.4 is 5.32 Å². The highest BCUT2D eigenvalue weighted by molar-refractivity contribution is 5.96. The maximum absolute atomic E-state index is 13.0. The predicted molar refractivity (Wildman–Crippen MR) is 81.1 cm³/mol. The summed E-state index contributed by atoms with van der Waals surface area (Å²) in [4.78, 5) is 15.1. The van der Waals surface area contributed by atoms with Crippen molar-refractivity contribution in [2.45, 2.75) is 45.1 Å². The number of aryl methyl sites for hydroxylation is 1. The minimum atomic E-state index is 0.249. The van der Waals surface area contributed by atoms with Gasteiger partial charge in [-0.3, -0.25) is 4.79 Å². The van der Waals surface area contributed by atoms with E-state index in [0.717, 1.165) is 50.9 Å². The molecule has 1 saturated heterocycles. The molecule has 0 spiro atoms. The van der Waals surface area contributed by atoms with Crippen LogP contribution in [-0.2, 0) is 12.8 Å². The molecule has 1 aromatic carbocycles. The Morgan fingerprint density at radius 1 is 1.40 bits per heavy atom. The fraction of sp³-hybridized carbons (Fsp3) is 0.588. The van der Waals surface area contributed by atoms with Crippen molar-refractivity contribution in [3.63, 3.8) is 0 Å². The fourth-order valence-electron chi connectivity index (χ4n) is 3.57. The molecule has 1 atom stereocenters. The lowest BCUT2D eigenvalue weighted by Crippen LogP contribution is -2.42. The van der Waals surface area contributed by atoms with Gasteiger partial charge in [-0.1, -0.05) is 19.1 Å². The number of nitrogens with one attached hydrogen (secondary N) is 1. The lowest BCUT2D eigenvalue weighted by molar-refractivity contribution is 0.0691. The van der Waals surface area contributed by atoms with Crippen molar-refractivity contribution in [2.75, 3.05) is 19.6 Å². The number of hydrogen-bond donors (Lipinski definition) is 1. The number of rotatable bonds is 4. The molecule has 1 aliphatic heterocycles. The van der Waals surface area contributed by atoms with Crippen LogP contribution in [0.15, 0.2) is 18.2 Å². The van der Waals surface area contributed by atoms with Crippen molar-refractivity contribution in [3.05, 3.63) is 34.9 Å². The SMILES string of the molecule is CCCN(C(=O)c1cccc2c1CCC2)C1CCNC1. The summed E-state index contributed by atoms with van der Waals surface area (Å²) < 4.78 is 0. The largest absolute Gasteiger partial charge is 0.334 e. The van der Waals surface area contributed by atoms with E-state index in [-0.39, 0.29) is 5.91 Å². The Hall–Kier alpha value is -1.35. The molecule has 1 N–H and O–H groups in total. The van der Waals surface area contributed by atoms with Crippen LogP contribution in [0.2, 0.25) is 0 Å². The summed E-state index contributed by atoms with van der Waals surface area (Å²) in [7, 11) is 0. The third-order valence-electron chi connectivity index (χ3n) is 4.58. The number of nitrogens with zero attached hydrogens (tertiary/aromatic N) is 1. The molecule has 3 heteroatoms. The highest BCUT2D eigenvalue weighted by Gasteiger charge is 2.29. The smallest absolute Gasteiger partial charge is 0.254 e. The van der Waals surface area contributed by atoms with E-state index in [1.165, 1.54) is 17.5 Å². The third-order valence-corrected chi connectivity index (χ3v) is 4.58. The first kappa shape index (κ1) is 13.6. The van der Waals surface area contributed by atoms with Gasteiger partial charge in [-0.25, -0.2) is 0 Å². The van der Waals surface area contributed by atoms with E-state index in [4.69, 9.17) is 0 Å². The first-order valence-electron chi connectivity index (χ1n) is 7.93. The van der Waals surface area contributed by atoms with Gasteiger partial charge in [-0.05, 0) is 55.8 Å². The molecule has 3 nitrogen and oxygen atoms in total. The molecule has 2 aliphatic rings. The number of carbonyl (C=O) groups excluding carboxylic acids is 1. The highest BCUT2D eigenvalue weighted by atomic mass is 16.2. The number of carbonyl (C=O) groups is 1. The second-order valence-electron chi connectivity index (χ2n) is 5.94. The topological polar surface area (TPSA) is 32.3 Å². The van der Waals surface area contributed by atoms with Crippen LogP contribution in [0.4, 0.5) is 0 Å². The Labute approximate surface area is 121 Å². The number of fused-ring (bicyclic) bond motifs is 1. The van der Waals surface area contributed by atoms with Gasteiger partial charge in [-0.15, -0.1) is 0 Å². The van der Waals surface area contributed by atoms with Gasteiger partial charge in [0.2, 0.25) is 0 Å². The highest BCUT2D eigenvalue weighted by Crippen LogP contribution is 2.27. The van der Waals surface area contributed by atoms with Crippen LogP contribution in [0.1, 0.15) is 47.7 Å². The molecule has 1 aromatic rings. The zero-order valence-corrected chi connectivity index (χ0v) is 12.3. The van der Waals surface area contributed by atoms with Gasteiger partial charge in [0.1, 0.15) is 0 Å². The van der Waals surface area contributed by atoms with Crippen LogP contribution in [-0.4, -0.2) is 36.5 Å². The summed E-state index contributed by atoms with van der Waals surface area (Å²) in [5, 5.41) is 3.38. The summed E-state index contributed by atoms with van der Waals surface area (Å²) in [6.07, 6.45) is 5.51. The predicted octanol–water partition coefficient (Wildman–Crippen LogP) is 2.39. The Kier molecular flexibility index (Phi) is 4.06. The van der Waals surface area contributed by atoms with Crippen molar-refractivity contribution in [3.8, 4) is 0 Å². The molecule has 0 radical (unpaired) electrons. The first-order chi connectivity index (χ1) is 9.81. The van der Waals surface area contributed by atoms with Gasteiger partial charge in [0.15, 0.2) is 0 Å². The summed E-state index contributed by atoms with van der Waals surface area (Å²) in [6.45, 7) is 5.00. The molecule has 1 fully saturated rings. The quantitative estimate of drug-likeness (QED) is 0.913. The van der Waals surface area contributed by atoms with Crippen molar-refractivity contribution >= 4 is 5.91 Å². The average molecular weight is 272 g/mol. The maximum atomic E-state index is 13.0. The summed E-state index contributed by atoms with van der Waals surface area (Å²) in [5.74, 6) is 0.249. The standard InChI is InChI=1S/C17H24N2O/c1-2-11-19(14-9-10-18-12-14)17(20)16-8-4-6-13-5-3-7-15(13)16/h4,6,8,14,18H,2-3,5,7,9-12H2,1H3. The van der Waals surface area contributed by atoms with Crippen LogP contribution in [0, 0.1) is 0 Å². The Bertz CT molecular complexity index is 492. The van der Waals surface area contributed by atoms with E-state index < -0.39 is 0 Å².